The predicted molar refractivity (Wildman–Crippen MR) is 85.6 cm³/mol. The maximum absolute atomic E-state index is 12.1. The minimum Gasteiger partial charge on any atom is -0.494 e. The third kappa shape index (κ3) is 4.48. The fourth-order valence-corrected chi connectivity index (χ4v) is 2.06. The quantitative estimate of drug-likeness (QED) is 0.892. The number of benzene rings is 1. The van der Waals surface area contributed by atoms with Gasteiger partial charge in [0.15, 0.2) is 0 Å². The third-order valence-corrected chi connectivity index (χ3v) is 3.17. The van der Waals surface area contributed by atoms with Crippen LogP contribution in [0.5, 0.6) is 5.75 Å². The van der Waals surface area contributed by atoms with E-state index in [1.54, 1.807) is 18.1 Å². The highest BCUT2D eigenvalue weighted by Crippen LogP contribution is 2.17. The Labute approximate surface area is 130 Å². The monoisotopic (exact) mass is 299 g/mol. The van der Waals surface area contributed by atoms with Gasteiger partial charge in [0.05, 0.1) is 18.8 Å². The summed E-state index contributed by atoms with van der Waals surface area (Å²) < 4.78 is 5.55. The fraction of sp³-hybridized carbons (Fsp3) is 0.294. The van der Waals surface area contributed by atoms with E-state index in [1.807, 2.05) is 49.4 Å². The van der Waals surface area contributed by atoms with Crippen molar-refractivity contribution in [2.24, 2.45) is 0 Å². The molecule has 0 aliphatic rings. The number of urea groups is 1. The van der Waals surface area contributed by atoms with Gasteiger partial charge in [-0.05, 0) is 25.1 Å². The van der Waals surface area contributed by atoms with Crippen molar-refractivity contribution in [2.75, 3.05) is 13.7 Å². The molecule has 0 unspecified atom stereocenters. The first-order valence-electron chi connectivity index (χ1n) is 7.30. The summed E-state index contributed by atoms with van der Waals surface area (Å²) in [6.45, 7) is 3.45. The summed E-state index contributed by atoms with van der Waals surface area (Å²) >= 11 is 0. The van der Waals surface area contributed by atoms with Crippen molar-refractivity contribution >= 4 is 6.03 Å². The van der Waals surface area contributed by atoms with Crippen LogP contribution in [-0.4, -0.2) is 29.6 Å². The molecule has 5 heteroatoms. The van der Waals surface area contributed by atoms with Crippen molar-refractivity contribution < 1.29 is 9.53 Å². The summed E-state index contributed by atoms with van der Waals surface area (Å²) in [4.78, 5) is 18.0. The van der Waals surface area contributed by atoms with Crippen LogP contribution in [0.25, 0.3) is 0 Å². The van der Waals surface area contributed by atoms with Crippen LogP contribution in [0.15, 0.2) is 48.7 Å². The molecular weight excluding hydrogens is 278 g/mol. The first kappa shape index (κ1) is 15.8. The van der Waals surface area contributed by atoms with Crippen LogP contribution in [-0.2, 0) is 13.1 Å². The Balaban J connectivity index is 1.89. The van der Waals surface area contributed by atoms with E-state index in [9.17, 15) is 4.79 Å². The lowest BCUT2D eigenvalue weighted by atomic mass is 10.2. The van der Waals surface area contributed by atoms with Crippen molar-refractivity contribution in [3.63, 3.8) is 0 Å². The molecule has 22 heavy (non-hydrogen) atoms. The first-order valence-corrected chi connectivity index (χ1v) is 7.30. The zero-order valence-electron chi connectivity index (χ0n) is 13.0. The summed E-state index contributed by atoms with van der Waals surface area (Å²) in [5.41, 5.74) is 1.82. The van der Waals surface area contributed by atoms with Gasteiger partial charge < -0.3 is 15.0 Å². The number of carbonyl (C=O) groups excluding carboxylic acids is 1. The zero-order valence-corrected chi connectivity index (χ0v) is 13.0. The van der Waals surface area contributed by atoms with E-state index in [0.717, 1.165) is 17.0 Å². The molecule has 0 radical (unpaired) electrons. The summed E-state index contributed by atoms with van der Waals surface area (Å²) in [6, 6.07) is 13.2. The van der Waals surface area contributed by atoms with E-state index in [-0.39, 0.29) is 6.03 Å². The van der Waals surface area contributed by atoms with Gasteiger partial charge in [0.2, 0.25) is 0 Å². The normalized spacial score (nSPS) is 10.1. The van der Waals surface area contributed by atoms with Crippen molar-refractivity contribution in [1.29, 1.82) is 0 Å². The fourth-order valence-electron chi connectivity index (χ4n) is 2.06. The van der Waals surface area contributed by atoms with E-state index in [1.165, 1.54) is 0 Å². The topological polar surface area (TPSA) is 54.5 Å². The van der Waals surface area contributed by atoms with Gasteiger partial charge >= 0.3 is 6.03 Å². The van der Waals surface area contributed by atoms with Crippen molar-refractivity contribution in [1.82, 2.24) is 15.2 Å². The second-order valence-electron chi connectivity index (χ2n) is 4.88. The average molecular weight is 299 g/mol. The molecule has 2 rings (SSSR count). The lowest BCUT2D eigenvalue weighted by molar-refractivity contribution is 0.205. The maximum atomic E-state index is 12.1. The summed E-state index contributed by atoms with van der Waals surface area (Å²) in [6.07, 6.45) is 1.72. The van der Waals surface area contributed by atoms with E-state index in [0.29, 0.717) is 19.7 Å². The van der Waals surface area contributed by atoms with Gasteiger partial charge in [0.1, 0.15) is 5.75 Å². The summed E-state index contributed by atoms with van der Waals surface area (Å²) in [5.74, 6) is 0.803. The highest BCUT2D eigenvalue weighted by atomic mass is 16.5. The minimum atomic E-state index is -0.142. The number of rotatable bonds is 6. The van der Waals surface area contributed by atoms with Crippen molar-refractivity contribution in [3.05, 3.63) is 59.9 Å². The van der Waals surface area contributed by atoms with Crippen LogP contribution in [0.2, 0.25) is 0 Å². The summed E-state index contributed by atoms with van der Waals surface area (Å²) in [5, 5.41) is 2.90. The molecule has 0 spiro atoms. The lowest BCUT2D eigenvalue weighted by Gasteiger charge is -2.18. The average Bonchev–Trinajstić information content (AvgIpc) is 2.55. The molecule has 1 heterocycles. The molecule has 2 amide bonds. The van der Waals surface area contributed by atoms with Crippen LogP contribution >= 0.6 is 0 Å². The Morgan fingerprint density at radius 1 is 1.23 bits per heavy atom. The van der Waals surface area contributed by atoms with Crippen LogP contribution in [0.1, 0.15) is 18.2 Å². The van der Waals surface area contributed by atoms with Gasteiger partial charge in [-0.15, -0.1) is 0 Å². The van der Waals surface area contributed by atoms with Crippen molar-refractivity contribution in [2.45, 2.75) is 20.0 Å². The summed E-state index contributed by atoms with van der Waals surface area (Å²) in [7, 11) is 1.75. The van der Waals surface area contributed by atoms with E-state index in [4.69, 9.17) is 4.74 Å². The van der Waals surface area contributed by atoms with Gasteiger partial charge in [-0.2, -0.15) is 0 Å². The highest BCUT2D eigenvalue weighted by molar-refractivity contribution is 5.73. The number of nitrogens with zero attached hydrogens (tertiary/aromatic N) is 2. The molecule has 1 aromatic carbocycles. The van der Waals surface area contributed by atoms with Gasteiger partial charge in [0, 0.05) is 25.4 Å². The lowest BCUT2D eigenvalue weighted by Crippen LogP contribution is -2.36. The Morgan fingerprint density at radius 3 is 2.73 bits per heavy atom. The number of hydrogen-bond donors (Lipinski definition) is 1. The number of hydrogen-bond acceptors (Lipinski definition) is 3. The number of aromatic nitrogens is 1. The van der Waals surface area contributed by atoms with Gasteiger partial charge in [-0.25, -0.2) is 4.79 Å². The van der Waals surface area contributed by atoms with E-state index >= 15 is 0 Å². The molecular formula is C17H21N3O2. The number of nitrogens with one attached hydrogen (secondary N) is 1. The van der Waals surface area contributed by atoms with E-state index in [2.05, 4.69) is 10.3 Å². The molecule has 0 saturated heterocycles. The molecule has 1 N–H and O–H groups in total. The second kappa shape index (κ2) is 8.02. The molecule has 5 nitrogen and oxygen atoms in total. The molecule has 0 atom stereocenters. The van der Waals surface area contributed by atoms with Gasteiger partial charge in [-0.1, -0.05) is 24.3 Å². The number of pyridine rings is 1. The Kier molecular flexibility index (Phi) is 5.77. The largest absolute Gasteiger partial charge is 0.494 e. The Morgan fingerprint density at radius 2 is 2.00 bits per heavy atom. The molecule has 0 aliphatic heterocycles. The minimum absolute atomic E-state index is 0.142. The molecule has 116 valence electrons. The second-order valence-corrected chi connectivity index (χ2v) is 4.88. The predicted octanol–water partition coefficient (Wildman–Crippen LogP) is 2.82. The van der Waals surface area contributed by atoms with Crippen LogP contribution in [0, 0.1) is 0 Å². The smallest absolute Gasteiger partial charge is 0.317 e. The SMILES string of the molecule is CCOc1ccccc1CNC(=O)N(C)Cc1ccccn1. The third-order valence-electron chi connectivity index (χ3n) is 3.17. The van der Waals surface area contributed by atoms with E-state index < -0.39 is 0 Å². The van der Waals surface area contributed by atoms with Gasteiger partial charge in [0.25, 0.3) is 0 Å². The zero-order chi connectivity index (χ0) is 15.8. The highest BCUT2D eigenvalue weighted by Gasteiger charge is 2.10. The number of para-hydroxylation sites is 1. The molecule has 0 bridgehead atoms. The number of ether oxygens (including phenoxy) is 1. The molecule has 0 fully saturated rings. The van der Waals surface area contributed by atoms with Gasteiger partial charge in [-0.3, -0.25) is 4.98 Å². The maximum Gasteiger partial charge on any atom is 0.317 e. The van der Waals surface area contributed by atoms with Crippen LogP contribution in [0.3, 0.4) is 0 Å². The van der Waals surface area contributed by atoms with Crippen molar-refractivity contribution in [3.8, 4) is 5.75 Å². The Hall–Kier alpha value is -2.56. The first-order chi connectivity index (χ1) is 10.7. The molecule has 1 aromatic heterocycles. The number of carbonyl (C=O) groups is 1. The molecule has 0 saturated carbocycles. The van der Waals surface area contributed by atoms with Crippen LogP contribution < -0.4 is 10.1 Å². The molecule has 0 aliphatic carbocycles. The Bertz CT molecular complexity index is 602. The molecule has 2 aromatic rings. The van der Waals surface area contributed by atoms with Crippen LogP contribution in [0.4, 0.5) is 4.79 Å². The number of amides is 2. The standard InChI is InChI=1S/C17H21N3O2/c1-3-22-16-10-5-4-8-14(16)12-19-17(21)20(2)13-15-9-6-7-11-18-15/h4-11H,3,12-13H2,1-2H3,(H,19,21).